The highest BCUT2D eigenvalue weighted by atomic mass is 35.5. The number of alkyl halides is 1. The van der Waals surface area contributed by atoms with Crippen molar-refractivity contribution in [2.24, 2.45) is 0 Å². The largest absolute Gasteiger partial charge is 0.493 e. The van der Waals surface area contributed by atoms with Gasteiger partial charge in [-0.25, -0.2) is 4.39 Å². The number of ether oxygens (including phenoxy) is 1. The molecule has 1 rings (SSSR count). The van der Waals surface area contributed by atoms with Gasteiger partial charge in [0, 0.05) is 5.88 Å². The fourth-order valence-corrected chi connectivity index (χ4v) is 1.09. The molecule has 76 valence electrons. The van der Waals surface area contributed by atoms with Gasteiger partial charge in [-0.05, 0) is 24.6 Å². The van der Waals surface area contributed by atoms with E-state index in [1.54, 1.807) is 0 Å². The first-order valence-electron chi connectivity index (χ1n) is 4.21. The molecule has 14 heavy (non-hydrogen) atoms. The molecular formula is C10H10ClFO2. The Morgan fingerprint density at radius 3 is 2.93 bits per heavy atom. The highest BCUT2D eigenvalue weighted by molar-refractivity contribution is 6.17. The minimum Gasteiger partial charge on any atom is -0.493 e. The molecule has 0 fully saturated rings. The molecule has 0 unspecified atom stereocenters. The summed E-state index contributed by atoms with van der Waals surface area (Å²) in [6, 6.07) is 3.83. The van der Waals surface area contributed by atoms with E-state index in [2.05, 4.69) is 0 Å². The van der Waals surface area contributed by atoms with Crippen LogP contribution in [0.4, 0.5) is 4.39 Å². The minimum absolute atomic E-state index is 0.222. The van der Waals surface area contributed by atoms with Gasteiger partial charge in [0.15, 0.2) is 6.29 Å². The maximum Gasteiger partial charge on any atom is 0.153 e. The van der Waals surface area contributed by atoms with Gasteiger partial charge in [-0.1, -0.05) is 0 Å². The first-order valence-corrected chi connectivity index (χ1v) is 4.75. The predicted octanol–water partition coefficient (Wildman–Crippen LogP) is 2.65. The minimum atomic E-state index is -0.447. The summed E-state index contributed by atoms with van der Waals surface area (Å²) in [5, 5.41) is 0. The number of aldehydes is 1. The summed E-state index contributed by atoms with van der Waals surface area (Å²) in [4.78, 5) is 10.5. The van der Waals surface area contributed by atoms with Gasteiger partial charge in [0.1, 0.15) is 11.6 Å². The van der Waals surface area contributed by atoms with Gasteiger partial charge in [-0.15, -0.1) is 11.6 Å². The van der Waals surface area contributed by atoms with Gasteiger partial charge in [-0.2, -0.15) is 0 Å². The fraction of sp³-hybridized carbons (Fsp3) is 0.300. The van der Waals surface area contributed by atoms with Crippen molar-refractivity contribution < 1.29 is 13.9 Å². The Kier molecular flexibility index (Phi) is 4.40. The van der Waals surface area contributed by atoms with Crippen molar-refractivity contribution in [2.45, 2.75) is 6.42 Å². The van der Waals surface area contributed by atoms with Crippen molar-refractivity contribution in [1.82, 2.24) is 0 Å². The van der Waals surface area contributed by atoms with Crippen molar-refractivity contribution in [3.63, 3.8) is 0 Å². The predicted molar refractivity (Wildman–Crippen MR) is 52.6 cm³/mol. The van der Waals surface area contributed by atoms with Crippen LogP contribution in [0.1, 0.15) is 16.8 Å². The Balaban J connectivity index is 2.70. The van der Waals surface area contributed by atoms with Crippen molar-refractivity contribution in [3.05, 3.63) is 29.6 Å². The zero-order valence-electron chi connectivity index (χ0n) is 7.50. The molecule has 0 aliphatic rings. The second-order valence-electron chi connectivity index (χ2n) is 2.69. The van der Waals surface area contributed by atoms with E-state index in [-0.39, 0.29) is 5.56 Å². The molecule has 0 spiro atoms. The third-order valence-electron chi connectivity index (χ3n) is 1.63. The van der Waals surface area contributed by atoms with Crippen LogP contribution in [0.2, 0.25) is 0 Å². The number of carbonyl (C=O) groups is 1. The van der Waals surface area contributed by atoms with Gasteiger partial charge in [0.2, 0.25) is 0 Å². The van der Waals surface area contributed by atoms with E-state index in [0.717, 1.165) is 6.07 Å². The Hall–Kier alpha value is -1.09. The highest BCUT2D eigenvalue weighted by Crippen LogP contribution is 2.17. The van der Waals surface area contributed by atoms with Crippen LogP contribution in [0.3, 0.4) is 0 Å². The molecule has 0 radical (unpaired) electrons. The van der Waals surface area contributed by atoms with E-state index in [4.69, 9.17) is 16.3 Å². The summed E-state index contributed by atoms with van der Waals surface area (Å²) in [6.45, 7) is 0.427. The third kappa shape index (κ3) is 3.00. The van der Waals surface area contributed by atoms with E-state index < -0.39 is 5.82 Å². The summed E-state index contributed by atoms with van der Waals surface area (Å²) in [5.41, 5.74) is 0.222. The molecule has 1 aromatic carbocycles. The summed E-state index contributed by atoms with van der Waals surface area (Å²) in [6.07, 6.45) is 1.26. The summed E-state index contributed by atoms with van der Waals surface area (Å²) < 4.78 is 17.9. The number of hydrogen-bond donors (Lipinski definition) is 0. The Morgan fingerprint density at radius 2 is 2.29 bits per heavy atom. The van der Waals surface area contributed by atoms with E-state index >= 15 is 0 Å². The zero-order chi connectivity index (χ0) is 10.4. The lowest BCUT2D eigenvalue weighted by Gasteiger charge is -2.06. The van der Waals surface area contributed by atoms with E-state index in [9.17, 15) is 9.18 Å². The molecule has 0 aliphatic carbocycles. The lowest BCUT2D eigenvalue weighted by atomic mass is 10.2. The molecule has 1 aromatic rings. The zero-order valence-corrected chi connectivity index (χ0v) is 8.26. The molecule has 0 aliphatic heterocycles. The van der Waals surface area contributed by atoms with Crippen LogP contribution < -0.4 is 4.74 Å². The summed E-state index contributed by atoms with van der Waals surface area (Å²) >= 11 is 5.46. The van der Waals surface area contributed by atoms with Crippen molar-refractivity contribution in [2.75, 3.05) is 12.5 Å². The lowest BCUT2D eigenvalue weighted by Crippen LogP contribution is -2.00. The molecule has 0 amide bonds. The third-order valence-corrected chi connectivity index (χ3v) is 1.90. The average molecular weight is 217 g/mol. The Labute approximate surface area is 86.6 Å². The van der Waals surface area contributed by atoms with E-state index in [1.807, 2.05) is 0 Å². The standard InChI is InChI=1S/C10H10ClFO2/c11-4-1-5-14-10-3-2-9(12)6-8(10)7-13/h2-3,6-7H,1,4-5H2. The van der Waals surface area contributed by atoms with Crippen LogP contribution in [0.25, 0.3) is 0 Å². The van der Waals surface area contributed by atoms with Gasteiger partial charge in [-0.3, -0.25) is 4.79 Å². The number of benzene rings is 1. The molecule has 0 saturated heterocycles. The molecule has 0 saturated carbocycles. The quantitative estimate of drug-likeness (QED) is 0.430. The second-order valence-corrected chi connectivity index (χ2v) is 3.07. The first-order chi connectivity index (χ1) is 6.77. The SMILES string of the molecule is O=Cc1cc(F)ccc1OCCCCl. The Bertz CT molecular complexity index is 315. The van der Waals surface area contributed by atoms with Crippen LogP contribution in [-0.2, 0) is 0 Å². The molecule has 4 heteroatoms. The van der Waals surface area contributed by atoms with Crippen molar-refractivity contribution in [1.29, 1.82) is 0 Å². The molecule has 0 heterocycles. The Morgan fingerprint density at radius 1 is 1.50 bits per heavy atom. The summed E-state index contributed by atoms with van der Waals surface area (Å²) in [7, 11) is 0. The van der Waals surface area contributed by atoms with Crippen LogP contribution >= 0.6 is 11.6 Å². The van der Waals surface area contributed by atoms with Crippen LogP contribution in [0.15, 0.2) is 18.2 Å². The van der Waals surface area contributed by atoms with Crippen LogP contribution in [0, 0.1) is 5.82 Å². The monoisotopic (exact) mass is 216 g/mol. The number of hydrogen-bond acceptors (Lipinski definition) is 2. The normalized spacial score (nSPS) is 9.86. The average Bonchev–Trinajstić information content (AvgIpc) is 2.20. The smallest absolute Gasteiger partial charge is 0.153 e. The molecule has 0 atom stereocenters. The molecule has 0 bridgehead atoms. The maximum atomic E-state index is 12.7. The molecule has 0 aromatic heterocycles. The van der Waals surface area contributed by atoms with Gasteiger partial charge in [0.25, 0.3) is 0 Å². The van der Waals surface area contributed by atoms with E-state index in [0.29, 0.717) is 30.9 Å². The maximum absolute atomic E-state index is 12.7. The van der Waals surface area contributed by atoms with Gasteiger partial charge >= 0.3 is 0 Å². The van der Waals surface area contributed by atoms with Crippen molar-refractivity contribution >= 4 is 17.9 Å². The van der Waals surface area contributed by atoms with Crippen LogP contribution in [0.5, 0.6) is 5.75 Å². The van der Waals surface area contributed by atoms with Gasteiger partial charge < -0.3 is 4.74 Å². The second kappa shape index (κ2) is 5.60. The summed E-state index contributed by atoms with van der Waals surface area (Å²) in [5.74, 6) is 0.445. The van der Waals surface area contributed by atoms with Gasteiger partial charge in [0.05, 0.1) is 12.2 Å². The highest BCUT2D eigenvalue weighted by Gasteiger charge is 2.03. The van der Waals surface area contributed by atoms with E-state index in [1.165, 1.54) is 12.1 Å². The fourth-order valence-electron chi connectivity index (χ4n) is 0.980. The topological polar surface area (TPSA) is 26.3 Å². The number of halogens is 2. The molecule has 0 N–H and O–H groups in total. The lowest BCUT2D eigenvalue weighted by molar-refractivity contribution is 0.111. The first kappa shape index (κ1) is 11.0. The van der Waals surface area contributed by atoms with Crippen LogP contribution in [-0.4, -0.2) is 18.8 Å². The number of carbonyl (C=O) groups excluding carboxylic acids is 1. The molecular weight excluding hydrogens is 207 g/mol. The number of rotatable bonds is 5. The molecule has 2 nitrogen and oxygen atoms in total. The van der Waals surface area contributed by atoms with Crippen molar-refractivity contribution in [3.8, 4) is 5.75 Å².